The summed E-state index contributed by atoms with van der Waals surface area (Å²) in [4.78, 5) is 12.7. The fourth-order valence-electron chi connectivity index (χ4n) is 3.22. The normalized spacial score (nSPS) is 11.2. The molecule has 0 aromatic heterocycles. The Morgan fingerprint density at radius 1 is 1.00 bits per heavy atom. The van der Waals surface area contributed by atoms with Gasteiger partial charge >= 0.3 is 0 Å². The molecule has 0 unspecified atom stereocenters. The highest BCUT2D eigenvalue weighted by Crippen LogP contribution is 2.25. The van der Waals surface area contributed by atoms with E-state index in [1.165, 1.54) is 23.3 Å². The predicted octanol–water partition coefficient (Wildman–Crippen LogP) is 5.28. The minimum absolute atomic E-state index is 0.125. The number of amides is 1. The summed E-state index contributed by atoms with van der Waals surface area (Å²) in [6, 6.07) is 22.9. The first-order valence-corrected chi connectivity index (χ1v) is 13.6. The van der Waals surface area contributed by atoms with E-state index in [0.29, 0.717) is 17.3 Å². The van der Waals surface area contributed by atoms with E-state index in [1.54, 1.807) is 42.5 Å². The van der Waals surface area contributed by atoms with Gasteiger partial charge in [0.05, 0.1) is 10.6 Å². The summed E-state index contributed by atoms with van der Waals surface area (Å²) in [7, 11) is -3.91. The van der Waals surface area contributed by atoms with Crippen molar-refractivity contribution in [2.24, 2.45) is 0 Å². The lowest BCUT2D eigenvalue weighted by Gasteiger charge is -2.24. The largest absolute Gasteiger partial charge is 0.354 e. The maximum Gasteiger partial charge on any atom is 0.264 e. The van der Waals surface area contributed by atoms with Crippen LogP contribution >= 0.6 is 23.4 Å². The Kier molecular flexibility index (Phi) is 9.23. The van der Waals surface area contributed by atoms with Crippen LogP contribution in [-0.4, -0.2) is 33.2 Å². The molecule has 3 rings (SSSR count). The van der Waals surface area contributed by atoms with Gasteiger partial charge in [-0.1, -0.05) is 59.6 Å². The van der Waals surface area contributed by atoms with E-state index in [0.717, 1.165) is 22.2 Å². The Hall–Kier alpha value is -2.48. The van der Waals surface area contributed by atoms with Gasteiger partial charge in [0.1, 0.15) is 6.54 Å². The molecule has 0 aliphatic rings. The molecule has 33 heavy (non-hydrogen) atoms. The first-order chi connectivity index (χ1) is 15.9. The van der Waals surface area contributed by atoms with Crippen LogP contribution in [0.4, 0.5) is 5.69 Å². The number of benzene rings is 3. The molecule has 3 aromatic rings. The molecule has 0 atom stereocenters. The molecule has 0 aliphatic heterocycles. The van der Waals surface area contributed by atoms with Gasteiger partial charge in [-0.25, -0.2) is 8.42 Å². The van der Waals surface area contributed by atoms with Crippen molar-refractivity contribution in [1.29, 1.82) is 0 Å². The number of thioether (sulfide) groups is 1. The van der Waals surface area contributed by atoms with Crippen molar-refractivity contribution in [3.8, 4) is 0 Å². The lowest BCUT2D eigenvalue weighted by molar-refractivity contribution is -0.119. The summed E-state index contributed by atoms with van der Waals surface area (Å²) >= 11 is 7.77. The highest BCUT2D eigenvalue weighted by molar-refractivity contribution is 7.98. The van der Waals surface area contributed by atoms with E-state index < -0.39 is 10.0 Å². The highest BCUT2D eigenvalue weighted by Gasteiger charge is 2.26. The van der Waals surface area contributed by atoms with Crippen molar-refractivity contribution < 1.29 is 13.2 Å². The number of hydrogen-bond acceptors (Lipinski definition) is 4. The molecular formula is C25H27ClN2O3S2. The number of rotatable bonds is 11. The molecule has 1 N–H and O–H groups in total. The molecule has 0 saturated carbocycles. The zero-order chi connectivity index (χ0) is 23.7. The lowest BCUT2D eigenvalue weighted by atomic mass is 10.2. The van der Waals surface area contributed by atoms with Gasteiger partial charge in [-0.05, 0) is 61.1 Å². The molecule has 0 fully saturated rings. The Balaban J connectivity index is 1.56. The first kappa shape index (κ1) is 25.1. The molecule has 8 heteroatoms. The second kappa shape index (κ2) is 12.1. The van der Waals surface area contributed by atoms with E-state index >= 15 is 0 Å². The molecule has 0 bridgehead atoms. The Morgan fingerprint density at radius 3 is 2.42 bits per heavy atom. The van der Waals surface area contributed by atoms with Crippen molar-refractivity contribution >= 4 is 45.0 Å². The Morgan fingerprint density at radius 2 is 1.73 bits per heavy atom. The SMILES string of the molecule is Cc1cccc(CSCCCNC(=O)CN(c2ccc(Cl)cc2)S(=O)(=O)c2ccccc2)c1. The minimum atomic E-state index is -3.91. The molecule has 0 radical (unpaired) electrons. The van der Waals surface area contributed by atoms with Crippen LogP contribution in [0.1, 0.15) is 17.5 Å². The van der Waals surface area contributed by atoms with Gasteiger partial charge < -0.3 is 5.32 Å². The van der Waals surface area contributed by atoms with E-state index in [2.05, 4.69) is 36.5 Å². The van der Waals surface area contributed by atoms with Crippen molar-refractivity contribution in [2.45, 2.75) is 24.0 Å². The van der Waals surface area contributed by atoms with Crippen LogP contribution in [0.25, 0.3) is 0 Å². The number of carbonyl (C=O) groups excluding carboxylic acids is 1. The van der Waals surface area contributed by atoms with E-state index in [9.17, 15) is 13.2 Å². The highest BCUT2D eigenvalue weighted by atomic mass is 35.5. The predicted molar refractivity (Wildman–Crippen MR) is 137 cm³/mol. The summed E-state index contributed by atoms with van der Waals surface area (Å²) in [5, 5.41) is 3.33. The van der Waals surface area contributed by atoms with Crippen molar-refractivity contribution in [3.63, 3.8) is 0 Å². The van der Waals surface area contributed by atoms with E-state index in [-0.39, 0.29) is 17.3 Å². The van der Waals surface area contributed by atoms with E-state index in [4.69, 9.17) is 11.6 Å². The van der Waals surface area contributed by atoms with E-state index in [1.807, 2.05) is 11.8 Å². The summed E-state index contributed by atoms with van der Waals surface area (Å²) in [6.07, 6.45) is 0.800. The molecule has 0 spiro atoms. The molecule has 3 aromatic carbocycles. The summed E-state index contributed by atoms with van der Waals surface area (Å²) in [5.41, 5.74) is 2.91. The van der Waals surface area contributed by atoms with Crippen molar-refractivity contribution in [3.05, 3.63) is 95.0 Å². The smallest absolute Gasteiger partial charge is 0.264 e. The monoisotopic (exact) mass is 502 g/mol. The third-order valence-corrected chi connectivity index (χ3v) is 8.03. The van der Waals surface area contributed by atoms with Gasteiger partial charge in [-0.2, -0.15) is 11.8 Å². The van der Waals surface area contributed by atoms with Crippen molar-refractivity contribution in [2.75, 3.05) is 23.1 Å². The van der Waals surface area contributed by atoms with Gasteiger partial charge in [0.2, 0.25) is 5.91 Å². The van der Waals surface area contributed by atoms with Gasteiger partial charge in [0, 0.05) is 17.3 Å². The Labute approximate surface area is 205 Å². The number of carbonyl (C=O) groups is 1. The zero-order valence-corrected chi connectivity index (χ0v) is 20.8. The lowest BCUT2D eigenvalue weighted by Crippen LogP contribution is -2.41. The van der Waals surface area contributed by atoms with Crippen molar-refractivity contribution in [1.82, 2.24) is 5.32 Å². The topological polar surface area (TPSA) is 66.5 Å². The number of sulfonamides is 1. The number of nitrogens with zero attached hydrogens (tertiary/aromatic N) is 1. The number of aryl methyl sites for hydroxylation is 1. The summed E-state index contributed by atoms with van der Waals surface area (Å²) in [5.74, 6) is 1.47. The molecule has 0 aliphatic carbocycles. The molecule has 174 valence electrons. The van der Waals surface area contributed by atoms with Crippen LogP contribution in [-0.2, 0) is 20.6 Å². The number of nitrogens with one attached hydrogen (secondary N) is 1. The molecule has 0 heterocycles. The fraction of sp³-hybridized carbons (Fsp3) is 0.240. The maximum absolute atomic E-state index is 13.2. The average Bonchev–Trinajstić information content (AvgIpc) is 2.81. The van der Waals surface area contributed by atoms with Crippen LogP contribution in [0.15, 0.2) is 83.8 Å². The molecule has 5 nitrogen and oxygen atoms in total. The number of anilines is 1. The first-order valence-electron chi connectivity index (χ1n) is 10.6. The van der Waals surface area contributed by atoms with Crippen LogP contribution < -0.4 is 9.62 Å². The van der Waals surface area contributed by atoms with Gasteiger partial charge in [-0.3, -0.25) is 9.10 Å². The maximum atomic E-state index is 13.2. The second-order valence-corrected chi connectivity index (χ2v) is 11.0. The second-order valence-electron chi connectivity index (χ2n) is 7.55. The fourth-order valence-corrected chi connectivity index (χ4v) is 5.70. The average molecular weight is 503 g/mol. The molecular weight excluding hydrogens is 476 g/mol. The number of halogens is 1. The quantitative estimate of drug-likeness (QED) is 0.362. The van der Waals surface area contributed by atoms with Crippen LogP contribution in [0.5, 0.6) is 0 Å². The van der Waals surface area contributed by atoms with Crippen LogP contribution in [0.3, 0.4) is 0 Å². The third-order valence-electron chi connectivity index (χ3n) is 4.87. The third kappa shape index (κ3) is 7.52. The Bertz CT molecular complexity index is 1150. The van der Waals surface area contributed by atoms with Gasteiger partial charge in [0.25, 0.3) is 10.0 Å². The van der Waals surface area contributed by atoms with Gasteiger partial charge in [-0.15, -0.1) is 0 Å². The standard InChI is InChI=1S/C25H27ClN2O3S2/c1-20-7-5-8-21(17-20)19-32-16-6-15-27-25(29)18-28(23-13-11-22(26)12-14-23)33(30,31)24-9-3-2-4-10-24/h2-5,7-14,17H,6,15-16,18-19H2,1H3,(H,27,29). The zero-order valence-electron chi connectivity index (χ0n) is 18.4. The summed E-state index contributed by atoms with van der Waals surface area (Å²) in [6.45, 7) is 2.25. The van der Waals surface area contributed by atoms with Crippen LogP contribution in [0, 0.1) is 6.92 Å². The van der Waals surface area contributed by atoms with Crippen LogP contribution in [0.2, 0.25) is 5.02 Å². The number of hydrogen-bond donors (Lipinski definition) is 1. The molecule has 1 amide bonds. The summed E-state index contributed by atoms with van der Waals surface area (Å²) < 4.78 is 27.6. The minimum Gasteiger partial charge on any atom is -0.354 e. The van der Waals surface area contributed by atoms with Gasteiger partial charge in [0.15, 0.2) is 0 Å². The molecule has 0 saturated heterocycles.